The van der Waals surface area contributed by atoms with E-state index in [-0.39, 0.29) is 17.9 Å². The number of carbonyl (C=O) groups is 1. The van der Waals surface area contributed by atoms with Crippen LogP contribution in [0.3, 0.4) is 0 Å². The fraction of sp³-hybridized carbons (Fsp3) is 0.533. The van der Waals surface area contributed by atoms with Crippen LogP contribution in [0.5, 0.6) is 5.75 Å². The lowest BCUT2D eigenvalue weighted by atomic mass is 9.99. The number of hydrogen-bond donors (Lipinski definition) is 2. The maximum Gasteiger partial charge on any atom is 0.224 e. The first kappa shape index (κ1) is 12.5. The summed E-state index contributed by atoms with van der Waals surface area (Å²) in [5.74, 6) is 1.24. The SMILES string of the molecule is O=C(NCC1Cc2ccccc2O1)[C@H]1CCCNC1. The molecule has 2 aliphatic rings. The number of carbonyl (C=O) groups excluding carboxylic acids is 1. The molecule has 4 nitrogen and oxygen atoms in total. The van der Waals surface area contributed by atoms with Crippen molar-refractivity contribution in [1.29, 1.82) is 0 Å². The molecule has 4 heteroatoms. The van der Waals surface area contributed by atoms with Crippen molar-refractivity contribution in [2.24, 2.45) is 5.92 Å². The number of benzene rings is 1. The molecule has 2 atom stereocenters. The summed E-state index contributed by atoms with van der Waals surface area (Å²) in [4.78, 5) is 12.0. The van der Waals surface area contributed by atoms with E-state index in [9.17, 15) is 4.79 Å². The Morgan fingerprint density at radius 2 is 2.32 bits per heavy atom. The van der Waals surface area contributed by atoms with Gasteiger partial charge < -0.3 is 15.4 Å². The maximum absolute atomic E-state index is 12.0. The van der Waals surface area contributed by atoms with Gasteiger partial charge in [-0.15, -0.1) is 0 Å². The number of ether oxygens (including phenoxy) is 1. The van der Waals surface area contributed by atoms with Crippen molar-refractivity contribution in [1.82, 2.24) is 10.6 Å². The van der Waals surface area contributed by atoms with Crippen LogP contribution in [-0.2, 0) is 11.2 Å². The van der Waals surface area contributed by atoms with Crippen molar-refractivity contribution in [3.63, 3.8) is 0 Å². The quantitative estimate of drug-likeness (QED) is 0.856. The minimum absolute atomic E-state index is 0.0814. The summed E-state index contributed by atoms with van der Waals surface area (Å²) in [6.45, 7) is 2.44. The lowest BCUT2D eigenvalue weighted by molar-refractivity contribution is -0.125. The van der Waals surface area contributed by atoms with Crippen molar-refractivity contribution in [2.45, 2.75) is 25.4 Å². The van der Waals surface area contributed by atoms with Gasteiger partial charge >= 0.3 is 0 Å². The van der Waals surface area contributed by atoms with E-state index < -0.39 is 0 Å². The lowest BCUT2D eigenvalue weighted by Gasteiger charge is -2.22. The zero-order chi connectivity index (χ0) is 13.1. The van der Waals surface area contributed by atoms with Crippen LogP contribution in [0.2, 0.25) is 0 Å². The Hall–Kier alpha value is -1.55. The molecule has 1 aromatic carbocycles. The second-order valence-corrected chi connectivity index (χ2v) is 5.34. The minimum Gasteiger partial charge on any atom is -0.488 e. The summed E-state index contributed by atoms with van der Waals surface area (Å²) >= 11 is 0. The Bertz CT molecular complexity index is 430. The number of fused-ring (bicyclic) bond motifs is 1. The molecule has 3 rings (SSSR count). The van der Waals surface area contributed by atoms with E-state index in [0.29, 0.717) is 6.54 Å². The van der Waals surface area contributed by atoms with E-state index >= 15 is 0 Å². The molecule has 0 aliphatic carbocycles. The first-order chi connectivity index (χ1) is 9.33. The summed E-state index contributed by atoms with van der Waals surface area (Å²) in [6.07, 6.45) is 3.05. The van der Waals surface area contributed by atoms with Crippen LogP contribution in [0, 0.1) is 5.92 Å². The van der Waals surface area contributed by atoms with E-state index in [1.165, 1.54) is 5.56 Å². The molecule has 1 saturated heterocycles. The summed E-state index contributed by atoms with van der Waals surface area (Å²) < 4.78 is 5.81. The molecule has 0 saturated carbocycles. The van der Waals surface area contributed by atoms with Crippen LogP contribution in [0.15, 0.2) is 24.3 Å². The van der Waals surface area contributed by atoms with E-state index in [1.54, 1.807) is 0 Å². The number of piperidine rings is 1. The van der Waals surface area contributed by atoms with Crippen molar-refractivity contribution >= 4 is 5.91 Å². The third kappa shape index (κ3) is 2.89. The summed E-state index contributed by atoms with van der Waals surface area (Å²) in [5, 5.41) is 6.29. The lowest BCUT2D eigenvalue weighted by Crippen LogP contribution is -2.43. The van der Waals surface area contributed by atoms with Crippen molar-refractivity contribution in [2.75, 3.05) is 19.6 Å². The molecule has 0 radical (unpaired) electrons. The number of hydrogen-bond acceptors (Lipinski definition) is 3. The Morgan fingerprint density at radius 1 is 1.42 bits per heavy atom. The predicted molar refractivity (Wildman–Crippen MR) is 73.2 cm³/mol. The smallest absolute Gasteiger partial charge is 0.224 e. The van der Waals surface area contributed by atoms with Crippen LogP contribution in [0.1, 0.15) is 18.4 Å². The van der Waals surface area contributed by atoms with Gasteiger partial charge in [0.05, 0.1) is 12.5 Å². The molecule has 1 amide bonds. The first-order valence-electron chi connectivity index (χ1n) is 7.06. The van der Waals surface area contributed by atoms with Gasteiger partial charge in [-0.25, -0.2) is 0 Å². The van der Waals surface area contributed by atoms with Gasteiger partial charge in [-0.3, -0.25) is 4.79 Å². The van der Waals surface area contributed by atoms with Crippen molar-refractivity contribution < 1.29 is 9.53 Å². The van der Waals surface area contributed by atoms with Gasteiger partial charge in [-0.05, 0) is 31.0 Å². The van der Waals surface area contributed by atoms with Gasteiger partial charge in [0.25, 0.3) is 0 Å². The molecule has 102 valence electrons. The molecule has 19 heavy (non-hydrogen) atoms. The molecule has 2 aliphatic heterocycles. The topological polar surface area (TPSA) is 50.4 Å². The van der Waals surface area contributed by atoms with Gasteiger partial charge in [0.1, 0.15) is 11.9 Å². The summed E-state index contributed by atoms with van der Waals surface area (Å²) in [5.41, 5.74) is 1.24. The van der Waals surface area contributed by atoms with E-state index in [0.717, 1.165) is 38.1 Å². The standard InChI is InChI=1S/C15H20N2O2/c18-15(12-5-3-7-16-9-12)17-10-13-8-11-4-1-2-6-14(11)19-13/h1-2,4,6,12-13,16H,3,5,7-10H2,(H,17,18)/t12-,13?/m0/s1. The Balaban J connectivity index is 1.47. The molecule has 0 aromatic heterocycles. The Morgan fingerprint density at radius 3 is 3.11 bits per heavy atom. The van der Waals surface area contributed by atoms with Crippen LogP contribution in [0.4, 0.5) is 0 Å². The molecule has 1 aromatic rings. The fourth-order valence-electron chi connectivity index (χ4n) is 2.80. The van der Waals surface area contributed by atoms with Gasteiger partial charge in [-0.2, -0.15) is 0 Å². The summed E-state index contributed by atoms with van der Waals surface area (Å²) in [7, 11) is 0. The fourth-order valence-corrected chi connectivity index (χ4v) is 2.80. The van der Waals surface area contributed by atoms with E-state index in [4.69, 9.17) is 4.74 Å². The second-order valence-electron chi connectivity index (χ2n) is 5.34. The molecular formula is C15H20N2O2. The highest BCUT2D eigenvalue weighted by atomic mass is 16.5. The highest BCUT2D eigenvalue weighted by molar-refractivity contribution is 5.79. The van der Waals surface area contributed by atoms with Gasteiger partial charge in [0, 0.05) is 13.0 Å². The normalized spacial score (nSPS) is 25.5. The largest absolute Gasteiger partial charge is 0.488 e. The van der Waals surface area contributed by atoms with Crippen LogP contribution in [0.25, 0.3) is 0 Å². The first-order valence-corrected chi connectivity index (χ1v) is 7.06. The third-order valence-electron chi connectivity index (χ3n) is 3.89. The monoisotopic (exact) mass is 260 g/mol. The molecule has 1 fully saturated rings. The van der Waals surface area contributed by atoms with Gasteiger partial charge in [0.15, 0.2) is 0 Å². The molecule has 2 N–H and O–H groups in total. The van der Waals surface area contributed by atoms with Crippen LogP contribution >= 0.6 is 0 Å². The van der Waals surface area contributed by atoms with E-state index in [1.807, 2.05) is 18.2 Å². The zero-order valence-electron chi connectivity index (χ0n) is 11.0. The second kappa shape index (κ2) is 5.61. The van der Waals surface area contributed by atoms with E-state index in [2.05, 4.69) is 16.7 Å². The maximum atomic E-state index is 12.0. The molecule has 2 heterocycles. The number of amides is 1. The molecule has 1 unspecified atom stereocenters. The average molecular weight is 260 g/mol. The Kier molecular flexibility index (Phi) is 3.69. The zero-order valence-corrected chi connectivity index (χ0v) is 11.0. The minimum atomic E-state index is 0.0814. The molecular weight excluding hydrogens is 240 g/mol. The number of para-hydroxylation sites is 1. The van der Waals surface area contributed by atoms with Crippen molar-refractivity contribution in [3.8, 4) is 5.75 Å². The molecule has 0 bridgehead atoms. The highest BCUT2D eigenvalue weighted by Crippen LogP contribution is 2.27. The highest BCUT2D eigenvalue weighted by Gasteiger charge is 2.25. The average Bonchev–Trinajstić information content (AvgIpc) is 2.88. The van der Waals surface area contributed by atoms with Gasteiger partial charge in [-0.1, -0.05) is 18.2 Å². The van der Waals surface area contributed by atoms with Crippen molar-refractivity contribution in [3.05, 3.63) is 29.8 Å². The third-order valence-corrected chi connectivity index (χ3v) is 3.89. The number of nitrogens with one attached hydrogen (secondary N) is 2. The summed E-state index contributed by atoms with van der Waals surface area (Å²) in [6, 6.07) is 8.08. The Labute approximate surface area is 113 Å². The molecule has 0 spiro atoms. The number of rotatable bonds is 3. The predicted octanol–water partition coefficient (Wildman–Crippen LogP) is 1.11. The van der Waals surface area contributed by atoms with Crippen LogP contribution in [-0.4, -0.2) is 31.6 Å². The van der Waals surface area contributed by atoms with Gasteiger partial charge in [0.2, 0.25) is 5.91 Å². The van der Waals surface area contributed by atoms with Crippen LogP contribution < -0.4 is 15.4 Å².